The number of halogens is 3. The Hall–Kier alpha value is -2.62. The molecular weight excluding hydrogens is 551 g/mol. The van der Waals surface area contributed by atoms with E-state index in [0.29, 0.717) is 33.2 Å². The predicted molar refractivity (Wildman–Crippen MR) is 131 cm³/mol. The first kappa shape index (κ1) is 24.5. The van der Waals surface area contributed by atoms with E-state index in [9.17, 15) is 18.1 Å². The third kappa shape index (κ3) is 4.64. The van der Waals surface area contributed by atoms with E-state index >= 15 is 0 Å². The molecule has 4 aromatic rings. The number of carbonyl (C=O) groups excluding carboxylic acids is 1. The fourth-order valence-electron chi connectivity index (χ4n) is 3.22. The van der Waals surface area contributed by atoms with Gasteiger partial charge in [-0.05, 0) is 58.4 Å². The molecule has 4 rings (SSSR count). The van der Waals surface area contributed by atoms with Gasteiger partial charge < -0.3 is 19.4 Å². The number of anilines is 1. The molecule has 1 amide bonds. The van der Waals surface area contributed by atoms with Gasteiger partial charge in [-0.1, -0.05) is 24.3 Å². The van der Waals surface area contributed by atoms with Crippen molar-refractivity contribution in [3.8, 4) is 11.5 Å². The third-order valence-electron chi connectivity index (χ3n) is 5.00. The van der Waals surface area contributed by atoms with Gasteiger partial charge in [0.25, 0.3) is 5.91 Å². The smallest absolute Gasteiger partial charge is 0.400 e. The van der Waals surface area contributed by atoms with Gasteiger partial charge in [-0.25, -0.2) is 0 Å². The average molecular weight is 568 g/mol. The number of ether oxygens (including phenoxy) is 1. The van der Waals surface area contributed by atoms with Crippen LogP contribution in [0.3, 0.4) is 0 Å². The lowest BCUT2D eigenvalue weighted by Crippen LogP contribution is -2.26. The van der Waals surface area contributed by atoms with Crippen LogP contribution in [0.5, 0.6) is 11.5 Å². The van der Waals surface area contributed by atoms with Crippen LogP contribution < -0.4 is 9.64 Å². The summed E-state index contributed by atoms with van der Waals surface area (Å²) in [5.74, 6) is 0.771. The molecule has 0 saturated heterocycles. The minimum absolute atomic E-state index is 0.156. The maximum Gasteiger partial charge on any atom is 0.400 e. The molecule has 0 fully saturated rings. The number of benzene rings is 3. The SMILES string of the molecule is CN(C(=O)c1ccc2sc(C(F)(F)P(=O)(O)O)c(Br)c2c1)c1cccc(Oc2ccccc2)c1. The molecule has 0 spiro atoms. The lowest BCUT2D eigenvalue weighted by Gasteiger charge is -2.18. The number of carbonyl (C=O) groups is 1. The Balaban J connectivity index is 1.63. The van der Waals surface area contributed by atoms with Gasteiger partial charge in [-0.2, -0.15) is 8.78 Å². The quantitative estimate of drug-likeness (QED) is 0.246. The summed E-state index contributed by atoms with van der Waals surface area (Å²) in [7, 11) is -4.16. The van der Waals surface area contributed by atoms with Gasteiger partial charge in [0.05, 0.1) is 0 Å². The van der Waals surface area contributed by atoms with Crippen LogP contribution in [0, 0.1) is 0 Å². The molecule has 3 aromatic carbocycles. The molecule has 1 heterocycles. The molecule has 6 nitrogen and oxygen atoms in total. The normalized spacial score (nSPS) is 12.1. The first-order chi connectivity index (χ1) is 16.0. The monoisotopic (exact) mass is 567 g/mol. The zero-order chi connectivity index (χ0) is 24.7. The Bertz CT molecular complexity index is 1420. The van der Waals surface area contributed by atoms with E-state index < -0.39 is 24.0 Å². The topological polar surface area (TPSA) is 87.1 Å². The molecule has 0 radical (unpaired) electrons. The Labute approximate surface area is 205 Å². The number of hydrogen-bond donors (Lipinski definition) is 2. The van der Waals surface area contributed by atoms with Crippen LogP contribution in [-0.4, -0.2) is 22.7 Å². The van der Waals surface area contributed by atoms with E-state index in [2.05, 4.69) is 15.9 Å². The van der Waals surface area contributed by atoms with Gasteiger partial charge in [-0.15, -0.1) is 11.3 Å². The van der Waals surface area contributed by atoms with Crippen LogP contribution in [0.1, 0.15) is 15.2 Å². The molecule has 0 saturated carbocycles. The summed E-state index contributed by atoms with van der Waals surface area (Å²) in [6.07, 6.45) is 0. The first-order valence-corrected chi connectivity index (χ1v) is 13.0. The van der Waals surface area contributed by atoms with Crippen molar-refractivity contribution in [3.63, 3.8) is 0 Å². The highest BCUT2D eigenvalue weighted by Gasteiger charge is 2.53. The highest BCUT2D eigenvalue weighted by molar-refractivity contribution is 9.10. The molecule has 0 atom stereocenters. The highest BCUT2D eigenvalue weighted by Crippen LogP contribution is 2.62. The van der Waals surface area contributed by atoms with Crippen LogP contribution in [-0.2, 0) is 10.2 Å². The largest absolute Gasteiger partial charge is 0.457 e. The first-order valence-electron chi connectivity index (χ1n) is 9.76. The van der Waals surface area contributed by atoms with E-state index in [1.54, 1.807) is 43.4 Å². The molecule has 1 aromatic heterocycles. The highest BCUT2D eigenvalue weighted by atomic mass is 79.9. The summed E-state index contributed by atoms with van der Waals surface area (Å²) in [5, 5.41) is 0.258. The van der Waals surface area contributed by atoms with E-state index in [0.717, 1.165) is 0 Å². The standard InChI is InChI=1S/C23H17BrF2NO5PS/c1-27(15-6-5-9-17(13-15)32-16-7-3-2-4-8-16)22(28)14-10-11-19-18(12-14)20(24)21(34-19)23(25,26)33(29,30)31/h2-13H,1H3,(H2,29,30,31). The van der Waals surface area contributed by atoms with Crippen LogP contribution in [0.4, 0.5) is 14.5 Å². The molecule has 0 aliphatic heterocycles. The number of para-hydroxylation sites is 1. The van der Waals surface area contributed by atoms with Crippen molar-refractivity contribution >= 4 is 56.5 Å². The van der Waals surface area contributed by atoms with E-state index in [1.807, 2.05) is 18.2 Å². The van der Waals surface area contributed by atoms with Gasteiger partial charge in [-0.3, -0.25) is 9.36 Å². The maximum absolute atomic E-state index is 14.3. The summed E-state index contributed by atoms with van der Waals surface area (Å²) in [6.45, 7) is 0. The Kier molecular flexibility index (Phi) is 6.63. The molecule has 176 valence electrons. The molecule has 0 aliphatic carbocycles. The second-order valence-corrected chi connectivity index (χ2v) is 10.8. The predicted octanol–water partition coefficient (Wildman–Crippen LogP) is 6.96. The van der Waals surface area contributed by atoms with Crippen molar-refractivity contribution in [2.75, 3.05) is 11.9 Å². The Morgan fingerprint density at radius 3 is 2.38 bits per heavy atom. The molecular formula is C23H17BrF2NO5PS. The van der Waals surface area contributed by atoms with E-state index in [1.165, 1.54) is 23.1 Å². The van der Waals surface area contributed by atoms with Crippen molar-refractivity contribution in [1.29, 1.82) is 0 Å². The van der Waals surface area contributed by atoms with Gasteiger partial charge in [0.1, 0.15) is 16.4 Å². The fourth-order valence-corrected chi connectivity index (χ4v) is 6.14. The molecule has 0 unspecified atom stereocenters. The third-order valence-corrected chi connectivity index (χ3v) is 8.44. The second-order valence-electron chi connectivity index (χ2n) is 7.32. The van der Waals surface area contributed by atoms with Gasteiger partial charge in [0.15, 0.2) is 0 Å². The molecule has 0 bridgehead atoms. The summed E-state index contributed by atoms with van der Waals surface area (Å²) < 4.78 is 45.9. The van der Waals surface area contributed by atoms with Crippen LogP contribution in [0.15, 0.2) is 77.3 Å². The Morgan fingerprint density at radius 2 is 1.71 bits per heavy atom. The van der Waals surface area contributed by atoms with Crippen LogP contribution in [0.2, 0.25) is 0 Å². The van der Waals surface area contributed by atoms with Crippen molar-refractivity contribution in [2.24, 2.45) is 0 Å². The fraction of sp³-hybridized carbons (Fsp3) is 0.0870. The number of alkyl halides is 2. The minimum atomic E-state index is -5.73. The number of nitrogens with zero attached hydrogens (tertiary/aromatic N) is 1. The number of fused-ring (bicyclic) bond motifs is 1. The van der Waals surface area contributed by atoms with Crippen molar-refractivity contribution in [3.05, 3.63) is 87.7 Å². The van der Waals surface area contributed by atoms with Crippen molar-refractivity contribution < 1.29 is 32.7 Å². The number of amides is 1. The van der Waals surface area contributed by atoms with Gasteiger partial charge in [0, 0.05) is 38.9 Å². The number of rotatable bonds is 6. The van der Waals surface area contributed by atoms with Gasteiger partial charge in [0.2, 0.25) is 0 Å². The minimum Gasteiger partial charge on any atom is -0.457 e. The number of thiophene rings is 1. The lowest BCUT2D eigenvalue weighted by atomic mass is 10.1. The van der Waals surface area contributed by atoms with Crippen LogP contribution in [0.25, 0.3) is 10.1 Å². The van der Waals surface area contributed by atoms with Crippen LogP contribution >= 0.6 is 34.9 Å². The number of hydrogen-bond acceptors (Lipinski definition) is 4. The Morgan fingerprint density at radius 1 is 1.03 bits per heavy atom. The summed E-state index contributed by atoms with van der Waals surface area (Å²) >= 11 is 3.59. The van der Waals surface area contributed by atoms with Crippen molar-refractivity contribution in [1.82, 2.24) is 0 Å². The second kappa shape index (κ2) is 9.20. The lowest BCUT2D eigenvalue weighted by molar-refractivity contribution is 0.0595. The maximum atomic E-state index is 14.3. The molecule has 34 heavy (non-hydrogen) atoms. The summed E-state index contributed by atoms with van der Waals surface area (Å²) in [5.41, 5.74) is -3.58. The van der Waals surface area contributed by atoms with E-state index in [4.69, 9.17) is 14.5 Å². The van der Waals surface area contributed by atoms with E-state index in [-0.39, 0.29) is 15.4 Å². The molecule has 2 N–H and O–H groups in total. The zero-order valence-electron chi connectivity index (χ0n) is 17.5. The van der Waals surface area contributed by atoms with Gasteiger partial charge >= 0.3 is 13.3 Å². The average Bonchev–Trinajstić information content (AvgIpc) is 3.14. The summed E-state index contributed by atoms with van der Waals surface area (Å²) in [6, 6.07) is 20.5. The summed E-state index contributed by atoms with van der Waals surface area (Å²) in [4.78, 5) is 31.9. The van der Waals surface area contributed by atoms with Crippen molar-refractivity contribution in [2.45, 2.75) is 5.66 Å². The molecule has 11 heteroatoms. The zero-order valence-corrected chi connectivity index (χ0v) is 20.8. The molecule has 0 aliphatic rings.